The molecule has 96 valence electrons. The summed E-state index contributed by atoms with van der Waals surface area (Å²) in [7, 11) is 0. The molecule has 0 saturated carbocycles. The zero-order chi connectivity index (χ0) is 13.7. The monoisotopic (exact) mass is 334 g/mol. The van der Waals surface area contributed by atoms with Gasteiger partial charge in [-0.05, 0) is 39.7 Å². The van der Waals surface area contributed by atoms with E-state index in [-0.39, 0.29) is 6.04 Å². The fourth-order valence-corrected chi connectivity index (χ4v) is 2.31. The molecule has 0 fully saturated rings. The summed E-state index contributed by atoms with van der Waals surface area (Å²) in [5.41, 5.74) is 2.02. The maximum Gasteiger partial charge on any atom is 0.0647 e. The van der Waals surface area contributed by atoms with Gasteiger partial charge in [-0.15, -0.1) is 0 Å². The zero-order valence-electron chi connectivity index (χ0n) is 10.1. The largest absolute Gasteiger partial charge is 0.377 e. The van der Waals surface area contributed by atoms with Gasteiger partial charge in [0.1, 0.15) is 0 Å². The molecule has 0 aliphatic heterocycles. The van der Waals surface area contributed by atoms with E-state index < -0.39 is 0 Å². The minimum atomic E-state index is -0.0284. The Bertz CT molecular complexity index is 593. The van der Waals surface area contributed by atoms with E-state index in [4.69, 9.17) is 16.9 Å². The molecule has 0 aliphatic carbocycles. The van der Waals surface area contributed by atoms with Crippen LogP contribution in [-0.2, 0) is 0 Å². The summed E-state index contributed by atoms with van der Waals surface area (Å²) in [4.78, 5) is 0. The van der Waals surface area contributed by atoms with Crippen LogP contribution in [0, 0.1) is 11.3 Å². The Morgan fingerprint density at radius 3 is 2.58 bits per heavy atom. The molecule has 1 unspecified atom stereocenters. The molecular weight excluding hydrogens is 324 g/mol. The molecule has 1 N–H and O–H groups in total. The molecular formula is C15H12BrClN2. The van der Waals surface area contributed by atoms with Crippen molar-refractivity contribution in [3.05, 3.63) is 63.6 Å². The molecule has 0 heterocycles. The lowest BCUT2D eigenvalue weighted by Crippen LogP contribution is -2.10. The molecule has 0 bridgehead atoms. The van der Waals surface area contributed by atoms with Crippen LogP contribution in [0.1, 0.15) is 18.0 Å². The zero-order valence-corrected chi connectivity index (χ0v) is 12.4. The SMILES string of the molecule is N#CCC(Nc1ccc(Cl)c(Br)c1)c1ccccc1. The minimum Gasteiger partial charge on any atom is -0.377 e. The fraction of sp³-hybridized carbons (Fsp3) is 0.133. The van der Waals surface area contributed by atoms with E-state index in [1.165, 1.54) is 0 Å². The lowest BCUT2D eigenvalue weighted by Gasteiger charge is -2.18. The van der Waals surface area contributed by atoms with Gasteiger partial charge in [-0.3, -0.25) is 0 Å². The topological polar surface area (TPSA) is 35.8 Å². The van der Waals surface area contributed by atoms with Crippen molar-refractivity contribution in [1.29, 1.82) is 5.26 Å². The highest BCUT2D eigenvalue weighted by Gasteiger charge is 2.11. The molecule has 2 aromatic carbocycles. The second-order valence-electron chi connectivity index (χ2n) is 4.10. The van der Waals surface area contributed by atoms with E-state index in [1.54, 1.807) is 0 Å². The van der Waals surface area contributed by atoms with Gasteiger partial charge in [-0.1, -0.05) is 41.9 Å². The van der Waals surface area contributed by atoms with Crippen LogP contribution in [0.15, 0.2) is 53.0 Å². The van der Waals surface area contributed by atoms with Crippen molar-refractivity contribution in [2.45, 2.75) is 12.5 Å². The second-order valence-corrected chi connectivity index (χ2v) is 5.36. The van der Waals surface area contributed by atoms with E-state index in [0.717, 1.165) is 15.7 Å². The molecule has 0 aromatic heterocycles. The molecule has 0 radical (unpaired) electrons. The molecule has 0 aliphatic rings. The number of rotatable bonds is 4. The van der Waals surface area contributed by atoms with Crippen LogP contribution in [0.3, 0.4) is 0 Å². The molecule has 19 heavy (non-hydrogen) atoms. The summed E-state index contributed by atoms with van der Waals surface area (Å²) in [5.74, 6) is 0. The van der Waals surface area contributed by atoms with Crippen LogP contribution in [0.4, 0.5) is 5.69 Å². The van der Waals surface area contributed by atoms with Crippen molar-refractivity contribution in [3.8, 4) is 6.07 Å². The van der Waals surface area contributed by atoms with Crippen LogP contribution >= 0.6 is 27.5 Å². The summed E-state index contributed by atoms with van der Waals surface area (Å²) >= 11 is 9.36. The van der Waals surface area contributed by atoms with Gasteiger partial charge in [0, 0.05) is 10.2 Å². The summed E-state index contributed by atoms with van der Waals surface area (Å²) in [6.07, 6.45) is 0.407. The highest BCUT2D eigenvalue weighted by atomic mass is 79.9. The first-order valence-electron chi connectivity index (χ1n) is 5.84. The van der Waals surface area contributed by atoms with Crippen LogP contribution in [0.5, 0.6) is 0 Å². The molecule has 2 rings (SSSR count). The molecule has 0 saturated heterocycles. The summed E-state index contributed by atoms with van der Waals surface area (Å²) in [6, 6.07) is 17.8. The van der Waals surface area contributed by atoms with Crippen LogP contribution < -0.4 is 5.32 Å². The lowest BCUT2D eigenvalue weighted by molar-refractivity contribution is 0.806. The Morgan fingerprint density at radius 1 is 1.21 bits per heavy atom. The smallest absolute Gasteiger partial charge is 0.0647 e. The van der Waals surface area contributed by atoms with Crippen LogP contribution in [0.2, 0.25) is 5.02 Å². The van der Waals surface area contributed by atoms with Gasteiger partial charge in [0.05, 0.1) is 23.6 Å². The highest BCUT2D eigenvalue weighted by molar-refractivity contribution is 9.10. The second kappa shape index (κ2) is 6.60. The summed E-state index contributed by atoms with van der Waals surface area (Å²) in [5, 5.41) is 13.0. The van der Waals surface area contributed by atoms with Crippen molar-refractivity contribution in [1.82, 2.24) is 0 Å². The average molecular weight is 336 g/mol. The molecule has 2 aromatic rings. The average Bonchev–Trinajstić information content (AvgIpc) is 2.43. The third-order valence-electron chi connectivity index (χ3n) is 2.76. The summed E-state index contributed by atoms with van der Waals surface area (Å²) in [6.45, 7) is 0. The fourth-order valence-electron chi connectivity index (χ4n) is 1.82. The van der Waals surface area contributed by atoms with Gasteiger partial charge in [0.15, 0.2) is 0 Å². The summed E-state index contributed by atoms with van der Waals surface area (Å²) < 4.78 is 0.836. The van der Waals surface area contributed by atoms with E-state index in [1.807, 2.05) is 48.5 Å². The normalized spacial score (nSPS) is 11.6. The number of nitrogens with one attached hydrogen (secondary N) is 1. The third kappa shape index (κ3) is 3.73. The molecule has 0 spiro atoms. The number of nitriles is 1. The van der Waals surface area contributed by atoms with Gasteiger partial charge in [-0.2, -0.15) is 5.26 Å². The van der Waals surface area contributed by atoms with Crippen molar-refractivity contribution in [3.63, 3.8) is 0 Å². The van der Waals surface area contributed by atoms with Gasteiger partial charge in [0.2, 0.25) is 0 Å². The maximum atomic E-state index is 8.95. The van der Waals surface area contributed by atoms with Crippen molar-refractivity contribution in [2.24, 2.45) is 0 Å². The van der Waals surface area contributed by atoms with Crippen molar-refractivity contribution >= 4 is 33.2 Å². The first kappa shape index (κ1) is 13.9. The Morgan fingerprint density at radius 2 is 1.95 bits per heavy atom. The van der Waals surface area contributed by atoms with Gasteiger partial charge >= 0.3 is 0 Å². The first-order valence-corrected chi connectivity index (χ1v) is 7.01. The van der Waals surface area contributed by atoms with Crippen molar-refractivity contribution in [2.75, 3.05) is 5.32 Å². The van der Waals surface area contributed by atoms with Crippen LogP contribution in [0.25, 0.3) is 0 Å². The molecule has 0 amide bonds. The predicted molar refractivity (Wildman–Crippen MR) is 82.2 cm³/mol. The Kier molecular flexibility index (Phi) is 4.84. The Labute approximate surface area is 126 Å². The number of halogens is 2. The maximum absolute atomic E-state index is 8.95. The van der Waals surface area contributed by atoms with Gasteiger partial charge < -0.3 is 5.32 Å². The van der Waals surface area contributed by atoms with Crippen LogP contribution in [-0.4, -0.2) is 0 Å². The van der Waals surface area contributed by atoms with Crippen molar-refractivity contribution < 1.29 is 0 Å². The number of benzene rings is 2. The number of nitrogens with zero attached hydrogens (tertiary/aromatic N) is 1. The third-order valence-corrected chi connectivity index (χ3v) is 3.97. The van der Waals surface area contributed by atoms with E-state index >= 15 is 0 Å². The van der Waals surface area contributed by atoms with E-state index in [2.05, 4.69) is 27.3 Å². The molecule has 1 atom stereocenters. The first-order chi connectivity index (χ1) is 9.20. The Hall–Kier alpha value is -1.50. The Balaban J connectivity index is 2.22. The van der Waals surface area contributed by atoms with E-state index in [0.29, 0.717) is 11.4 Å². The highest BCUT2D eigenvalue weighted by Crippen LogP contribution is 2.28. The lowest BCUT2D eigenvalue weighted by atomic mass is 10.0. The quantitative estimate of drug-likeness (QED) is 0.836. The van der Waals surface area contributed by atoms with Gasteiger partial charge in [0.25, 0.3) is 0 Å². The number of hydrogen-bond donors (Lipinski definition) is 1. The predicted octanol–water partition coefficient (Wildman–Crippen LogP) is 5.17. The molecule has 4 heteroatoms. The standard InChI is InChI=1S/C15H12BrClN2/c16-13-10-12(6-7-14(13)17)19-15(8-9-18)11-4-2-1-3-5-11/h1-7,10,15,19H,8H2. The minimum absolute atomic E-state index is 0.0284. The number of anilines is 1. The van der Waals surface area contributed by atoms with Gasteiger partial charge in [-0.25, -0.2) is 0 Å². The van der Waals surface area contributed by atoms with E-state index in [9.17, 15) is 0 Å². The number of hydrogen-bond acceptors (Lipinski definition) is 2. The molecule has 2 nitrogen and oxygen atoms in total.